The molecule has 0 saturated heterocycles. The van der Waals surface area contributed by atoms with Gasteiger partial charge in [0, 0.05) is 16.8 Å². The topological polar surface area (TPSA) is 43.4 Å². The molecule has 3 aromatic rings. The third-order valence-electron chi connectivity index (χ3n) is 3.21. The second-order valence-electron chi connectivity index (χ2n) is 4.86. The van der Waals surface area contributed by atoms with Crippen LogP contribution in [0.15, 0.2) is 48.7 Å². The van der Waals surface area contributed by atoms with Crippen molar-refractivity contribution < 1.29 is 9.47 Å². The fraction of sp³-hybridized carbons (Fsp3) is 0.118. The zero-order chi connectivity index (χ0) is 16.9. The van der Waals surface area contributed by atoms with Crippen LogP contribution in [0.4, 0.5) is 5.69 Å². The SMILES string of the molecule is COc1ccc(Oc2ccc(NCc3cnc(Cl)s3)cc2Cl)cc1. The third-order valence-corrected chi connectivity index (χ3v) is 4.62. The van der Waals surface area contributed by atoms with Crippen LogP contribution in [0.1, 0.15) is 4.88 Å². The Morgan fingerprint density at radius 2 is 1.83 bits per heavy atom. The fourth-order valence-corrected chi connectivity index (χ4v) is 3.16. The Hall–Kier alpha value is -1.95. The molecule has 0 aliphatic carbocycles. The van der Waals surface area contributed by atoms with Gasteiger partial charge >= 0.3 is 0 Å². The van der Waals surface area contributed by atoms with Crippen molar-refractivity contribution in [2.24, 2.45) is 0 Å². The van der Waals surface area contributed by atoms with Crippen molar-refractivity contribution in [3.8, 4) is 17.2 Å². The number of thiazole rings is 1. The first-order valence-corrected chi connectivity index (χ1v) is 8.67. The van der Waals surface area contributed by atoms with E-state index in [1.165, 1.54) is 11.3 Å². The zero-order valence-corrected chi connectivity index (χ0v) is 15.1. The number of ether oxygens (including phenoxy) is 2. The number of rotatable bonds is 6. The zero-order valence-electron chi connectivity index (χ0n) is 12.8. The standard InChI is InChI=1S/C17H14Cl2N2O2S/c1-22-12-3-5-13(6-4-12)23-16-7-2-11(8-15(16)18)20-9-14-10-21-17(19)24-14/h2-8,10,20H,9H2,1H3. The summed E-state index contributed by atoms with van der Waals surface area (Å²) in [6.07, 6.45) is 1.75. The summed E-state index contributed by atoms with van der Waals surface area (Å²) in [5.74, 6) is 2.06. The molecule has 0 aliphatic rings. The first-order chi connectivity index (χ1) is 11.6. The highest BCUT2D eigenvalue weighted by atomic mass is 35.5. The minimum Gasteiger partial charge on any atom is -0.497 e. The Bertz CT molecular complexity index is 822. The average molecular weight is 381 g/mol. The molecule has 0 unspecified atom stereocenters. The Kier molecular flexibility index (Phi) is 5.45. The molecular weight excluding hydrogens is 367 g/mol. The van der Waals surface area contributed by atoms with Gasteiger partial charge in [-0.25, -0.2) is 4.98 Å². The fourth-order valence-electron chi connectivity index (χ4n) is 2.02. The highest BCUT2D eigenvalue weighted by Crippen LogP contribution is 2.32. The number of hydrogen-bond acceptors (Lipinski definition) is 5. The number of nitrogens with zero attached hydrogens (tertiary/aromatic N) is 1. The van der Waals surface area contributed by atoms with Crippen molar-refractivity contribution >= 4 is 40.2 Å². The number of halogens is 2. The van der Waals surface area contributed by atoms with Gasteiger partial charge in [-0.2, -0.15) is 0 Å². The molecular formula is C17H14Cl2N2O2S. The summed E-state index contributed by atoms with van der Waals surface area (Å²) in [4.78, 5) is 5.06. The molecule has 1 aromatic heterocycles. The van der Waals surface area contributed by atoms with Crippen LogP contribution >= 0.6 is 34.5 Å². The molecule has 0 fully saturated rings. The second-order valence-corrected chi connectivity index (χ2v) is 6.96. The number of anilines is 1. The molecule has 24 heavy (non-hydrogen) atoms. The maximum absolute atomic E-state index is 6.30. The quantitative estimate of drug-likeness (QED) is 0.581. The van der Waals surface area contributed by atoms with Crippen molar-refractivity contribution in [3.05, 3.63) is 63.0 Å². The van der Waals surface area contributed by atoms with Crippen molar-refractivity contribution in [1.29, 1.82) is 0 Å². The summed E-state index contributed by atoms with van der Waals surface area (Å²) in [5.41, 5.74) is 0.895. The van der Waals surface area contributed by atoms with E-state index >= 15 is 0 Å². The molecule has 1 heterocycles. The van der Waals surface area contributed by atoms with Gasteiger partial charge in [0.25, 0.3) is 0 Å². The number of hydrogen-bond donors (Lipinski definition) is 1. The lowest BCUT2D eigenvalue weighted by Gasteiger charge is -2.10. The molecule has 0 bridgehead atoms. The van der Waals surface area contributed by atoms with E-state index in [0.29, 0.717) is 27.5 Å². The van der Waals surface area contributed by atoms with E-state index in [-0.39, 0.29) is 0 Å². The first-order valence-electron chi connectivity index (χ1n) is 7.09. The summed E-state index contributed by atoms with van der Waals surface area (Å²) in [7, 11) is 1.62. The summed E-state index contributed by atoms with van der Waals surface area (Å²) < 4.78 is 11.4. The average Bonchev–Trinajstić information content (AvgIpc) is 3.01. The molecule has 0 radical (unpaired) electrons. The number of methoxy groups -OCH3 is 1. The molecule has 124 valence electrons. The Labute approximate surface area is 154 Å². The predicted octanol–water partition coefficient (Wildman–Crippen LogP) is 5.86. The predicted molar refractivity (Wildman–Crippen MR) is 99.0 cm³/mol. The van der Waals surface area contributed by atoms with E-state index in [0.717, 1.165) is 16.3 Å². The number of benzene rings is 2. The van der Waals surface area contributed by atoms with Crippen molar-refractivity contribution in [3.63, 3.8) is 0 Å². The maximum Gasteiger partial charge on any atom is 0.183 e. The van der Waals surface area contributed by atoms with Crippen LogP contribution in [-0.4, -0.2) is 12.1 Å². The van der Waals surface area contributed by atoms with Gasteiger partial charge < -0.3 is 14.8 Å². The summed E-state index contributed by atoms with van der Waals surface area (Å²) in [6, 6.07) is 12.9. The van der Waals surface area contributed by atoms with Gasteiger partial charge in [-0.1, -0.05) is 23.2 Å². The van der Waals surface area contributed by atoms with Gasteiger partial charge in [-0.3, -0.25) is 0 Å². The third kappa shape index (κ3) is 4.32. The monoisotopic (exact) mass is 380 g/mol. The summed E-state index contributed by atoms with van der Waals surface area (Å²) in [5, 5.41) is 3.80. The van der Waals surface area contributed by atoms with Crippen molar-refractivity contribution in [2.45, 2.75) is 6.54 Å². The Morgan fingerprint density at radius 1 is 1.08 bits per heavy atom. The van der Waals surface area contributed by atoms with Gasteiger partial charge in [0.05, 0.1) is 18.7 Å². The first kappa shape index (κ1) is 16.9. The van der Waals surface area contributed by atoms with Crippen LogP contribution in [0.2, 0.25) is 9.49 Å². The molecule has 0 aliphatic heterocycles. The minimum atomic E-state index is 0.526. The van der Waals surface area contributed by atoms with Crippen molar-refractivity contribution in [2.75, 3.05) is 12.4 Å². The van der Waals surface area contributed by atoms with Crippen LogP contribution < -0.4 is 14.8 Å². The Morgan fingerprint density at radius 3 is 2.46 bits per heavy atom. The van der Waals surface area contributed by atoms with Gasteiger partial charge in [0.2, 0.25) is 0 Å². The van der Waals surface area contributed by atoms with Gasteiger partial charge in [-0.15, -0.1) is 11.3 Å². The van der Waals surface area contributed by atoms with E-state index in [1.54, 1.807) is 13.3 Å². The second kappa shape index (κ2) is 7.75. The minimum absolute atomic E-state index is 0.526. The molecule has 3 rings (SSSR count). The van der Waals surface area contributed by atoms with E-state index in [2.05, 4.69) is 10.3 Å². The lowest BCUT2D eigenvalue weighted by Crippen LogP contribution is -1.97. The molecule has 0 spiro atoms. The molecule has 0 saturated carbocycles. The molecule has 2 aromatic carbocycles. The van der Waals surface area contributed by atoms with Gasteiger partial charge in [0.1, 0.15) is 17.2 Å². The highest BCUT2D eigenvalue weighted by Gasteiger charge is 2.06. The Balaban J connectivity index is 1.65. The van der Waals surface area contributed by atoms with Crippen LogP contribution in [0.3, 0.4) is 0 Å². The van der Waals surface area contributed by atoms with E-state index < -0.39 is 0 Å². The largest absolute Gasteiger partial charge is 0.497 e. The molecule has 4 nitrogen and oxygen atoms in total. The van der Waals surface area contributed by atoms with Crippen LogP contribution in [0, 0.1) is 0 Å². The van der Waals surface area contributed by atoms with Crippen LogP contribution in [0.5, 0.6) is 17.2 Å². The van der Waals surface area contributed by atoms with Crippen LogP contribution in [0.25, 0.3) is 0 Å². The molecule has 1 N–H and O–H groups in total. The van der Waals surface area contributed by atoms with E-state index in [4.69, 9.17) is 32.7 Å². The van der Waals surface area contributed by atoms with Gasteiger partial charge in [-0.05, 0) is 42.5 Å². The normalized spacial score (nSPS) is 10.5. The van der Waals surface area contributed by atoms with Gasteiger partial charge in [0.15, 0.2) is 4.47 Å². The smallest absolute Gasteiger partial charge is 0.183 e. The lowest BCUT2D eigenvalue weighted by molar-refractivity contribution is 0.413. The molecule has 0 amide bonds. The summed E-state index contributed by atoms with van der Waals surface area (Å²) >= 11 is 13.6. The highest BCUT2D eigenvalue weighted by molar-refractivity contribution is 7.15. The van der Waals surface area contributed by atoms with E-state index in [9.17, 15) is 0 Å². The van der Waals surface area contributed by atoms with Crippen LogP contribution in [-0.2, 0) is 6.54 Å². The number of nitrogens with one attached hydrogen (secondary N) is 1. The van der Waals surface area contributed by atoms with E-state index in [1.807, 2.05) is 42.5 Å². The lowest BCUT2D eigenvalue weighted by atomic mass is 10.3. The maximum atomic E-state index is 6.30. The summed E-state index contributed by atoms with van der Waals surface area (Å²) in [6.45, 7) is 0.638. The molecule has 0 atom stereocenters. The number of aromatic nitrogens is 1. The molecule has 7 heteroatoms. The van der Waals surface area contributed by atoms with Crippen molar-refractivity contribution in [1.82, 2.24) is 4.98 Å².